The maximum atomic E-state index is 12.1. The summed E-state index contributed by atoms with van der Waals surface area (Å²) < 4.78 is 0. The number of thioether (sulfide) groups is 1. The van der Waals surface area contributed by atoms with E-state index in [0.717, 1.165) is 0 Å². The molecule has 1 heterocycles. The molecule has 0 aliphatic rings. The van der Waals surface area contributed by atoms with Crippen LogP contribution < -0.4 is 5.32 Å². The van der Waals surface area contributed by atoms with E-state index in [4.69, 9.17) is 5.11 Å². The van der Waals surface area contributed by atoms with Crippen LogP contribution >= 0.6 is 11.8 Å². The van der Waals surface area contributed by atoms with Gasteiger partial charge in [0.05, 0.1) is 10.8 Å². The lowest BCUT2D eigenvalue weighted by Crippen LogP contribution is -2.22. The van der Waals surface area contributed by atoms with E-state index >= 15 is 0 Å². The fourth-order valence-electron chi connectivity index (χ4n) is 1.53. The highest BCUT2D eigenvalue weighted by Gasteiger charge is 2.16. The molecule has 2 aromatic rings. The van der Waals surface area contributed by atoms with E-state index in [1.807, 2.05) is 0 Å². The van der Waals surface area contributed by atoms with E-state index in [-0.39, 0.29) is 11.5 Å². The van der Waals surface area contributed by atoms with Gasteiger partial charge in [0.15, 0.2) is 5.16 Å². The number of benzene rings is 1. The molecule has 0 spiro atoms. The standard InChI is InChI=1S/C14H13N3O3S/c1-9(21-14-15-6-3-7-16-14)12(18)17-11-5-2-4-10(8-11)13(19)20/h2-9H,1H3,(H,17,18)(H,19,20). The average Bonchev–Trinajstić information content (AvgIpc) is 2.48. The third-order valence-electron chi connectivity index (χ3n) is 2.57. The molecule has 0 aliphatic carbocycles. The van der Waals surface area contributed by atoms with E-state index in [1.54, 1.807) is 37.5 Å². The molecular weight excluding hydrogens is 290 g/mol. The third kappa shape index (κ3) is 4.28. The number of nitrogens with zero attached hydrogens (tertiary/aromatic N) is 2. The minimum atomic E-state index is -1.04. The van der Waals surface area contributed by atoms with Crippen LogP contribution in [0.15, 0.2) is 47.9 Å². The predicted molar refractivity (Wildman–Crippen MR) is 79.4 cm³/mol. The molecule has 1 atom stereocenters. The van der Waals surface area contributed by atoms with E-state index in [1.165, 1.54) is 23.9 Å². The first-order valence-corrected chi connectivity index (χ1v) is 7.02. The van der Waals surface area contributed by atoms with Gasteiger partial charge in [-0.2, -0.15) is 0 Å². The van der Waals surface area contributed by atoms with Crippen molar-refractivity contribution in [2.24, 2.45) is 0 Å². The lowest BCUT2D eigenvalue weighted by atomic mass is 10.2. The smallest absolute Gasteiger partial charge is 0.335 e. The highest BCUT2D eigenvalue weighted by Crippen LogP contribution is 2.20. The SMILES string of the molecule is CC(Sc1ncccn1)C(=O)Nc1cccc(C(=O)O)c1. The molecule has 6 nitrogen and oxygen atoms in total. The second kappa shape index (κ2) is 6.85. The van der Waals surface area contributed by atoms with Gasteiger partial charge >= 0.3 is 5.97 Å². The summed E-state index contributed by atoms with van der Waals surface area (Å²) in [5, 5.41) is 11.7. The van der Waals surface area contributed by atoms with Gasteiger partial charge < -0.3 is 10.4 Å². The van der Waals surface area contributed by atoms with Crippen LogP contribution in [0, 0.1) is 0 Å². The van der Waals surface area contributed by atoms with E-state index < -0.39 is 11.2 Å². The summed E-state index contributed by atoms with van der Waals surface area (Å²) in [6.45, 7) is 1.73. The van der Waals surface area contributed by atoms with Crippen molar-refractivity contribution in [1.29, 1.82) is 0 Å². The number of hydrogen-bond donors (Lipinski definition) is 2. The largest absolute Gasteiger partial charge is 0.478 e. The Hall–Kier alpha value is -2.41. The lowest BCUT2D eigenvalue weighted by molar-refractivity contribution is -0.115. The molecule has 1 unspecified atom stereocenters. The number of hydrogen-bond acceptors (Lipinski definition) is 5. The second-order valence-electron chi connectivity index (χ2n) is 4.17. The number of amides is 1. The van der Waals surface area contributed by atoms with Gasteiger partial charge in [-0.15, -0.1) is 0 Å². The quantitative estimate of drug-likeness (QED) is 0.650. The molecule has 0 saturated heterocycles. The number of aromatic nitrogens is 2. The summed E-state index contributed by atoms with van der Waals surface area (Å²) in [4.78, 5) is 31.0. The van der Waals surface area contributed by atoms with Crippen LogP contribution in [0.2, 0.25) is 0 Å². The molecule has 2 N–H and O–H groups in total. The van der Waals surface area contributed by atoms with E-state index in [0.29, 0.717) is 10.8 Å². The first-order chi connectivity index (χ1) is 10.1. The minimum absolute atomic E-state index is 0.125. The molecule has 1 aromatic heterocycles. The molecule has 7 heteroatoms. The molecule has 1 aromatic carbocycles. The first kappa shape index (κ1) is 15.0. The Morgan fingerprint density at radius 1 is 1.24 bits per heavy atom. The number of rotatable bonds is 5. The Kier molecular flexibility index (Phi) is 4.89. The maximum Gasteiger partial charge on any atom is 0.335 e. The monoisotopic (exact) mass is 303 g/mol. The molecule has 108 valence electrons. The number of carboxylic acids is 1. The van der Waals surface area contributed by atoms with Gasteiger partial charge in [-0.1, -0.05) is 17.8 Å². The zero-order valence-corrected chi connectivity index (χ0v) is 12.0. The third-order valence-corrected chi connectivity index (χ3v) is 3.56. The number of carbonyl (C=O) groups is 2. The zero-order valence-electron chi connectivity index (χ0n) is 11.2. The van der Waals surface area contributed by atoms with Crippen LogP contribution in [0.5, 0.6) is 0 Å². The number of carbonyl (C=O) groups excluding carboxylic acids is 1. The van der Waals surface area contributed by atoms with Crippen molar-refractivity contribution < 1.29 is 14.7 Å². The van der Waals surface area contributed by atoms with Crippen molar-refractivity contribution >= 4 is 29.3 Å². The molecular formula is C14H13N3O3S. The predicted octanol–water partition coefficient (Wildman–Crippen LogP) is 2.29. The normalized spacial score (nSPS) is 11.7. The van der Waals surface area contributed by atoms with Gasteiger partial charge in [-0.3, -0.25) is 4.79 Å². The number of carboxylic acid groups (broad SMARTS) is 1. The molecule has 0 aliphatic heterocycles. The maximum absolute atomic E-state index is 12.1. The molecule has 2 rings (SSSR count). The summed E-state index contributed by atoms with van der Waals surface area (Å²) in [6, 6.07) is 7.80. The van der Waals surface area contributed by atoms with Gasteiger partial charge in [-0.05, 0) is 31.2 Å². The Balaban J connectivity index is 2.00. The lowest BCUT2D eigenvalue weighted by Gasteiger charge is -2.11. The summed E-state index contributed by atoms with van der Waals surface area (Å²) in [6.07, 6.45) is 3.21. The molecule has 1 amide bonds. The van der Waals surface area contributed by atoms with Crippen molar-refractivity contribution in [3.05, 3.63) is 48.3 Å². The van der Waals surface area contributed by atoms with Crippen LogP contribution in [0.1, 0.15) is 17.3 Å². The fourth-order valence-corrected chi connectivity index (χ4v) is 2.26. The van der Waals surface area contributed by atoms with Crippen molar-refractivity contribution in [2.75, 3.05) is 5.32 Å². The topological polar surface area (TPSA) is 92.2 Å². The Morgan fingerprint density at radius 2 is 1.95 bits per heavy atom. The molecule has 0 radical (unpaired) electrons. The highest BCUT2D eigenvalue weighted by atomic mass is 32.2. The summed E-state index contributed by atoms with van der Waals surface area (Å²) >= 11 is 1.23. The van der Waals surface area contributed by atoms with Crippen molar-refractivity contribution in [2.45, 2.75) is 17.3 Å². The Morgan fingerprint density at radius 3 is 2.62 bits per heavy atom. The van der Waals surface area contributed by atoms with Crippen molar-refractivity contribution in [3.8, 4) is 0 Å². The summed E-state index contributed by atoms with van der Waals surface area (Å²) in [7, 11) is 0. The highest BCUT2D eigenvalue weighted by molar-refractivity contribution is 8.00. The van der Waals surface area contributed by atoms with Crippen molar-refractivity contribution in [3.63, 3.8) is 0 Å². The van der Waals surface area contributed by atoms with Gasteiger partial charge in [0, 0.05) is 18.1 Å². The van der Waals surface area contributed by atoms with Crippen molar-refractivity contribution in [1.82, 2.24) is 9.97 Å². The number of nitrogens with one attached hydrogen (secondary N) is 1. The molecule has 21 heavy (non-hydrogen) atoms. The van der Waals surface area contributed by atoms with E-state index in [2.05, 4.69) is 15.3 Å². The van der Waals surface area contributed by atoms with Crippen LogP contribution in [0.3, 0.4) is 0 Å². The van der Waals surface area contributed by atoms with Crippen LogP contribution in [0.25, 0.3) is 0 Å². The minimum Gasteiger partial charge on any atom is -0.478 e. The van der Waals surface area contributed by atoms with Crippen LogP contribution in [-0.4, -0.2) is 32.2 Å². The molecule has 0 saturated carbocycles. The zero-order chi connectivity index (χ0) is 15.2. The second-order valence-corrected chi connectivity index (χ2v) is 5.47. The first-order valence-electron chi connectivity index (χ1n) is 6.14. The molecule has 0 fully saturated rings. The number of anilines is 1. The van der Waals surface area contributed by atoms with Gasteiger partial charge in [0.25, 0.3) is 0 Å². The van der Waals surface area contributed by atoms with Gasteiger partial charge in [-0.25, -0.2) is 14.8 Å². The summed E-state index contributed by atoms with van der Waals surface area (Å²) in [5.41, 5.74) is 0.570. The number of aromatic carboxylic acids is 1. The average molecular weight is 303 g/mol. The molecule has 0 bridgehead atoms. The van der Waals surface area contributed by atoms with Crippen LogP contribution in [0.4, 0.5) is 5.69 Å². The Labute approximate surface area is 125 Å². The van der Waals surface area contributed by atoms with Gasteiger partial charge in [0.2, 0.25) is 5.91 Å². The summed E-state index contributed by atoms with van der Waals surface area (Å²) in [5.74, 6) is -1.28. The van der Waals surface area contributed by atoms with Gasteiger partial charge in [0.1, 0.15) is 0 Å². The Bertz CT molecular complexity index is 649. The van der Waals surface area contributed by atoms with E-state index in [9.17, 15) is 9.59 Å². The fraction of sp³-hybridized carbons (Fsp3) is 0.143. The van der Waals surface area contributed by atoms with Crippen LogP contribution in [-0.2, 0) is 4.79 Å².